The van der Waals surface area contributed by atoms with E-state index in [1.807, 2.05) is 30.3 Å². The molecule has 0 unspecified atom stereocenters. The van der Waals surface area contributed by atoms with E-state index in [4.69, 9.17) is 14.2 Å². The lowest BCUT2D eigenvalue weighted by Gasteiger charge is -2.11. The van der Waals surface area contributed by atoms with Gasteiger partial charge in [-0.05, 0) is 42.8 Å². The number of hydrogen-bond acceptors (Lipinski definition) is 6. The van der Waals surface area contributed by atoms with Crippen LogP contribution >= 0.6 is 0 Å². The number of benzene rings is 2. The van der Waals surface area contributed by atoms with Crippen LogP contribution in [-0.2, 0) is 6.54 Å². The zero-order chi connectivity index (χ0) is 18.8. The van der Waals surface area contributed by atoms with Crippen LogP contribution < -0.4 is 10.1 Å². The van der Waals surface area contributed by atoms with Crippen molar-refractivity contribution < 1.29 is 9.26 Å². The highest BCUT2D eigenvalue weighted by Gasteiger charge is 2.14. The van der Waals surface area contributed by atoms with E-state index in [2.05, 4.69) is 40.6 Å². The fourth-order valence-electron chi connectivity index (χ4n) is 2.94. The van der Waals surface area contributed by atoms with Crippen molar-refractivity contribution in [1.82, 2.24) is 15.1 Å². The van der Waals surface area contributed by atoms with E-state index in [1.165, 1.54) is 5.56 Å². The van der Waals surface area contributed by atoms with Gasteiger partial charge in [-0.25, -0.2) is 4.98 Å². The molecule has 6 heteroatoms. The smallest absolute Gasteiger partial charge is 0.223 e. The van der Waals surface area contributed by atoms with Crippen molar-refractivity contribution in [3.63, 3.8) is 0 Å². The highest BCUT2D eigenvalue weighted by atomic mass is 16.5. The Morgan fingerprint density at radius 1 is 1.00 bits per heavy atom. The molecule has 0 fully saturated rings. The Bertz CT molecular complexity index is 1090. The molecule has 2 heterocycles. The van der Waals surface area contributed by atoms with Crippen molar-refractivity contribution in [3.05, 3.63) is 65.5 Å². The molecule has 0 aliphatic carbocycles. The lowest BCUT2D eigenvalue weighted by Crippen LogP contribution is -2.04. The Morgan fingerprint density at radius 2 is 1.81 bits per heavy atom. The average Bonchev–Trinajstić information content (AvgIpc) is 3.12. The molecule has 0 spiro atoms. The average molecular weight is 360 g/mol. The van der Waals surface area contributed by atoms with Crippen molar-refractivity contribution in [2.24, 2.45) is 0 Å². The van der Waals surface area contributed by atoms with Crippen LogP contribution in [0.1, 0.15) is 17.0 Å². The van der Waals surface area contributed by atoms with Gasteiger partial charge in [-0.15, -0.1) is 0 Å². The van der Waals surface area contributed by atoms with Gasteiger partial charge in [-0.2, -0.15) is 4.98 Å². The summed E-state index contributed by atoms with van der Waals surface area (Å²) in [6.45, 7) is 4.46. The van der Waals surface area contributed by atoms with Crippen LogP contribution in [0.4, 0.5) is 5.82 Å². The molecule has 6 nitrogen and oxygen atoms in total. The van der Waals surface area contributed by atoms with E-state index in [9.17, 15) is 0 Å². The molecule has 0 radical (unpaired) electrons. The molecule has 0 amide bonds. The summed E-state index contributed by atoms with van der Waals surface area (Å²) < 4.78 is 10.4. The molecular weight excluding hydrogens is 340 g/mol. The van der Waals surface area contributed by atoms with Crippen LogP contribution in [0.5, 0.6) is 5.75 Å². The summed E-state index contributed by atoms with van der Waals surface area (Å²) in [5, 5.41) is 8.52. The largest absolute Gasteiger partial charge is 0.497 e. The van der Waals surface area contributed by atoms with E-state index >= 15 is 0 Å². The van der Waals surface area contributed by atoms with Crippen LogP contribution in [-0.4, -0.2) is 22.2 Å². The van der Waals surface area contributed by atoms with Gasteiger partial charge < -0.3 is 14.6 Å². The minimum Gasteiger partial charge on any atom is -0.497 e. The maximum atomic E-state index is 5.21. The number of methoxy groups -OCH3 is 1. The second-order valence-electron chi connectivity index (χ2n) is 6.42. The Kier molecular flexibility index (Phi) is 4.46. The first-order valence-electron chi connectivity index (χ1n) is 8.71. The number of nitrogens with one attached hydrogen (secondary N) is 1. The molecule has 0 aliphatic rings. The Labute approximate surface area is 157 Å². The Balaban J connectivity index is 1.71. The number of ether oxygens (including phenoxy) is 1. The molecule has 4 rings (SSSR count). The van der Waals surface area contributed by atoms with Crippen molar-refractivity contribution in [2.45, 2.75) is 20.4 Å². The molecule has 0 saturated carbocycles. The number of aromatic nitrogens is 3. The van der Waals surface area contributed by atoms with Crippen molar-refractivity contribution in [2.75, 3.05) is 12.4 Å². The lowest BCUT2D eigenvalue weighted by molar-refractivity contribution is 0.394. The third kappa shape index (κ3) is 3.60. The van der Waals surface area contributed by atoms with Crippen LogP contribution in [0.15, 0.2) is 53.1 Å². The van der Waals surface area contributed by atoms with Gasteiger partial charge in [0.15, 0.2) is 0 Å². The molecule has 27 heavy (non-hydrogen) atoms. The molecule has 0 bridgehead atoms. The molecule has 4 aromatic rings. The quantitative estimate of drug-likeness (QED) is 0.564. The Morgan fingerprint density at radius 3 is 2.52 bits per heavy atom. The van der Waals surface area contributed by atoms with Gasteiger partial charge in [0.25, 0.3) is 0 Å². The highest BCUT2D eigenvalue weighted by molar-refractivity contribution is 5.88. The third-order valence-corrected chi connectivity index (χ3v) is 4.36. The van der Waals surface area contributed by atoms with E-state index in [0.29, 0.717) is 18.3 Å². The summed E-state index contributed by atoms with van der Waals surface area (Å²) in [7, 11) is 1.66. The summed E-state index contributed by atoms with van der Waals surface area (Å²) in [6.07, 6.45) is 0. The molecule has 136 valence electrons. The minimum atomic E-state index is 0.524. The minimum absolute atomic E-state index is 0.524. The number of aryl methyl sites for hydroxylation is 2. The molecule has 1 N–H and O–H groups in total. The van der Waals surface area contributed by atoms with Crippen molar-refractivity contribution in [3.8, 4) is 17.1 Å². The zero-order valence-electron chi connectivity index (χ0n) is 15.5. The Hall–Kier alpha value is -3.41. The summed E-state index contributed by atoms with van der Waals surface area (Å²) in [5.41, 5.74) is 4.04. The number of fused-ring (bicyclic) bond motifs is 1. The maximum absolute atomic E-state index is 5.21. The van der Waals surface area contributed by atoms with Crippen LogP contribution in [0.25, 0.3) is 22.3 Å². The first-order chi connectivity index (χ1) is 13.1. The van der Waals surface area contributed by atoms with E-state index in [-0.39, 0.29) is 0 Å². The van der Waals surface area contributed by atoms with E-state index in [1.54, 1.807) is 14.0 Å². The molecule has 0 saturated heterocycles. The van der Waals surface area contributed by atoms with Crippen LogP contribution in [0.2, 0.25) is 0 Å². The first-order valence-corrected chi connectivity index (χ1v) is 8.71. The van der Waals surface area contributed by atoms with E-state index in [0.717, 1.165) is 33.6 Å². The maximum Gasteiger partial charge on any atom is 0.223 e. The van der Waals surface area contributed by atoms with Crippen molar-refractivity contribution >= 4 is 16.7 Å². The summed E-state index contributed by atoms with van der Waals surface area (Å²) in [6, 6.07) is 16.2. The fraction of sp³-hybridized carbons (Fsp3) is 0.190. The number of anilines is 1. The van der Waals surface area contributed by atoms with Gasteiger partial charge in [-0.3, -0.25) is 0 Å². The number of nitrogens with zero attached hydrogens (tertiary/aromatic N) is 3. The monoisotopic (exact) mass is 360 g/mol. The van der Waals surface area contributed by atoms with Gasteiger partial charge in [0.05, 0.1) is 18.2 Å². The second kappa shape index (κ2) is 7.07. The van der Waals surface area contributed by atoms with Gasteiger partial charge in [-0.1, -0.05) is 28.9 Å². The van der Waals surface area contributed by atoms with Gasteiger partial charge >= 0.3 is 0 Å². The normalized spacial score (nSPS) is 10.9. The predicted octanol–water partition coefficient (Wildman–Crippen LogP) is 4.52. The zero-order valence-corrected chi connectivity index (χ0v) is 15.5. The predicted molar refractivity (Wildman–Crippen MR) is 105 cm³/mol. The highest BCUT2D eigenvalue weighted by Crippen LogP contribution is 2.29. The number of pyridine rings is 1. The van der Waals surface area contributed by atoms with E-state index < -0.39 is 0 Å². The summed E-state index contributed by atoms with van der Waals surface area (Å²) in [4.78, 5) is 9.17. The van der Waals surface area contributed by atoms with Gasteiger partial charge in [0.2, 0.25) is 11.7 Å². The van der Waals surface area contributed by atoms with Gasteiger partial charge in [0, 0.05) is 18.9 Å². The van der Waals surface area contributed by atoms with Crippen molar-refractivity contribution in [1.29, 1.82) is 0 Å². The SMILES string of the molecule is COc1ccc(CNc2nc3ccc(C)cc3cc2-c2noc(C)n2)cc1. The van der Waals surface area contributed by atoms with Gasteiger partial charge in [0.1, 0.15) is 11.6 Å². The topological polar surface area (TPSA) is 73.1 Å². The summed E-state index contributed by atoms with van der Waals surface area (Å²) >= 11 is 0. The molecule has 0 aliphatic heterocycles. The third-order valence-electron chi connectivity index (χ3n) is 4.36. The van der Waals surface area contributed by atoms with Crippen LogP contribution in [0.3, 0.4) is 0 Å². The molecule has 2 aromatic heterocycles. The first kappa shape index (κ1) is 17.0. The number of hydrogen-bond donors (Lipinski definition) is 1. The second-order valence-corrected chi connectivity index (χ2v) is 6.42. The molecule has 0 atom stereocenters. The fourth-order valence-corrected chi connectivity index (χ4v) is 2.94. The standard InChI is InChI=1S/C21H20N4O2/c1-13-4-9-19-16(10-13)11-18(21-23-14(2)27-25-21)20(24-19)22-12-15-5-7-17(26-3)8-6-15/h4-11H,12H2,1-3H3,(H,22,24). The molecular formula is C21H20N4O2. The lowest BCUT2D eigenvalue weighted by atomic mass is 10.1. The number of rotatable bonds is 5. The summed E-state index contributed by atoms with van der Waals surface area (Å²) in [5.74, 6) is 2.61. The van der Waals surface area contributed by atoms with Crippen LogP contribution in [0, 0.1) is 13.8 Å². The molecule has 2 aromatic carbocycles.